The molecule has 10 heteroatoms. The van der Waals surface area contributed by atoms with Crippen molar-refractivity contribution in [3.63, 3.8) is 0 Å². The van der Waals surface area contributed by atoms with Crippen LogP contribution in [-0.2, 0) is 21.8 Å². The highest BCUT2D eigenvalue weighted by Crippen LogP contribution is 2.29. The normalized spacial score (nSPS) is 26.9. The second-order valence-electron chi connectivity index (χ2n) is 8.67. The van der Waals surface area contributed by atoms with Crippen molar-refractivity contribution >= 4 is 16.1 Å². The number of ether oxygens (including phenoxy) is 1. The fraction of sp³-hybridized carbons (Fsp3) is 0.778. The summed E-state index contributed by atoms with van der Waals surface area (Å²) in [5.74, 6) is -0.0219. The summed E-state index contributed by atoms with van der Waals surface area (Å²) in [6.07, 6.45) is 5.63. The minimum Gasteiger partial charge on any atom is -0.444 e. The molecule has 2 aliphatic rings. The molecule has 3 rings (SSSR count). The van der Waals surface area contributed by atoms with Crippen LogP contribution in [0.5, 0.6) is 0 Å². The zero-order valence-corrected chi connectivity index (χ0v) is 17.8. The van der Waals surface area contributed by atoms with Crippen molar-refractivity contribution < 1.29 is 17.9 Å². The van der Waals surface area contributed by atoms with E-state index in [4.69, 9.17) is 4.74 Å². The molecule has 0 saturated carbocycles. The first kappa shape index (κ1) is 21.1. The Morgan fingerprint density at radius 1 is 1.32 bits per heavy atom. The van der Waals surface area contributed by atoms with E-state index in [1.54, 1.807) is 32.4 Å². The largest absolute Gasteiger partial charge is 0.444 e. The average Bonchev–Trinajstić information content (AvgIpc) is 3.21. The molecule has 3 unspecified atom stereocenters. The molecule has 0 aliphatic carbocycles. The first-order valence-corrected chi connectivity index (χ1v) is 11.2. The molecule has 2 aliphatic heterocycles. The maximum Gasteiger partial charge on any atom is 0.407 e. The zero-order chi connectivity index (χ0) is 20.5. The Bertz CT molecular complexity index is 795. The van der Waals surface area contributed by atoms with Gasteiger partial charge in [0.1, 0.15) is 5.60 Å². The van der Waals surface area contributed by atoms with E-state index in [0.29, 0.717) is 6.54 Å². The predicted molar refractivity (Wildman–Crippen MR) is 104 cm³/mol. The number of carbonyl (C=O) groups excluding carboxylic acids is 1. The summed E-state index contributed by atoms with van der Waals surface area (Å²) in [6.45, 7) is 6.88. The fourth-order valence-electron chi connectivity index (χ4n) is 3.91. The van der Waals surface area contributed by atoms with Crippen molar-refractivity contribution in [1.82, 2.24) is 24.5 Å². The van der Waals surface area contributed by atoms with E-state index in [9.17, 15) is 13.2 Å². The minimum absolute atomic E-state index is 0.0219. The number of rotatable bonds is 4. The van der Waals surface area contributed by atoms with Gasteiger partial charge in [0, 0.05) is 38.3 Å². The molecule has 0 radical (unpaired) electrons. The first-order chi connectivity index (χ1) is 13.1. The van der Waals surface area contributed by atoms with Crippen LogP contribution in [0.1, 0.15) is 40.0 Å². The van der Waals surface area contributed by atoms with Crippen molar-refractivity contribution in [2.45, 2.75) is 62.7 Å². The van der Waals surface area contributed by atoms with Gasteiger partial charge < -0.3 is 19.9 Å². The quantitative estimate of drug-likeness (QED) is 0.765. The Morgan fingerprint density at radius 2 is 2.07 bits per heavy atom. The van der Waals surface area contributed by atoms with Crippen LogP contribution >= 0.6 is 0 Å². The van der Waals surface area contributed by atoms with Crippen LogP contribution in [-0.4, -0.2) is 65.7 Å². The van der Waals surface area contributed by atoms with Crippen LogP contribution in [0.15, 0.2) is 17.6 Å². The van der Waals surface area contributed by atoms with Gasteiger partial charge in [0.15, 0.2) is 5.03 Å². The Labute approximate surface area is 166 Å². The number of sulfonamides is 1. The van der Waals surface area contributed by atoms with Gasteiger partial charge in [-0.05, 0) is 40.2 Å². The molecule has 1 aromatic heterocycles. The SMILES string of the molecule is Cn1cnc(S(=O)(=O)N2CC(NC(=O)OC(C)(C)C)C(C3CCCCN3)C2)c1. The summed E-state index contributed by atoms with van der Waals surface area (Å²) in [5, 5.41) is 6.43. The highest BCUT2D eigenvalue weighted by Gasteiger charge is 2.44. The third kappa shape index (κ3) is 4.84. The third-order valence-corrected chi connectivity index (χ3v) is 6.90. The van der Waals surface area contributed by atoms with E-state index in [1.165, 1.54) is 16.8 Å². The van der Waals surface area contributed by atoms with Crippen molar-refractivity contribution in [1.29, 1.82) is 0 Å². The molecular weight excluding hydrogens is 382 g/mol. The monoisotopic (exact) mass is 413 g/mol. The van der Waals surface area contributed by atoms with Gasteiger partial charge in [0.25, 0.3) is 10.0 Å². The maximum absolute atomic E-state index is 13.0. The summed E-state index contributed by atoms with van der Waals surface area (Å²) in [6, 6.07) is -0.151. The first-order valence-electron chi connectivity index (χ1n) is 9.77. The van der Waals surface area contributed by atoms with Crippen LogP contribution in [0.2, 0.25) is 0 Å². The number of carbonyl (C=O) groups is 1. The summed E-state index contributed by atoms with van der Waals surface area (Å²) < 4.78 is 34.5. The van der Waals surface area contributed by atoms with Gasteiger partial charge in [-0.1, -0.05) is 6.42 Å². The van der Waals surface area contributed by atoms with E-state index in [0.717, 1.165) is 25.8 Å². The molecule has 0 spiro atoms. The molecule has 2 fully saturated rings. The molecule has 2 N–H and O–H groups in total. The van der Waals surface area contributed by atoms with E-state index < -0.39 is 21.7 Å². The number of hydrogen-bond donors (Lipinski definition) is 2. The zero-order valence-electron chi connectivity index (χ0n) is 17.0. The Kier molecular flexibility index (Phi) is 6.02. The summed E-state index contributed by atoms with van der Waals surface area (Å²) in [5.41, 5.74) is -0.610. The lowest BCUT2D eigenvalue weighted by atomic mass is 9.88. The van der Waals surface area contributed by atoms with Gasteiger partial charge in [-0.15, -0.1) is 0 Å². The van der Waals surface area contributed by atoms with Crippen molar-refractivity contribution in [2.75, 3.05) is 19.6 Å². The van der Waals surface area contributed by atoms with Gasteiger partial charge >= 0.3 is 6.09 Å². The highest BCUT2D eigenvalue weighted by atomic mass is 32.2. The number of alkyl carbamates (subject to hydrolysis) is 1. The number of hydrogen-bond acceptors (Lipinski definition) is 6. The van der Waals surface area contributed by atoms with Gasteiger partial charge in [-0.3, -0.25) is 0 Å². The number of amides is 1. The lowest BCUT2D eigenvalue weighted by Crippen LogP contribution is -2.50. The lowest BCUT2D eigenvalue weighted by Gasteiger charge is -2.32. The molecule has 3 atom stereocenters. The number of aromatic nitrogens is 2. The molecule has 0 bridgehead atoms. The van der Waals surface area contributed by atoms with E-state index in [1.807, 2.05) is 0 Å². The van der Waals surface area contributed by atoms with E-state index >= 15 is 0 Å². The van der Waals surface area contributed by atoms with Gasteiger partial charge in [-0.25, -0.2) is 18.2 Å². The Morgan fingerprint density at radius 3 is 2.64 bits per heavy atom. The molecule has 1 aromatic rings. The molecule has 158 valence electrons. The summed E-state index contributed by atoms with van der Waals surface area (Å²) >= 11 is 0. The lowest BCUT2D eigenvalue weighted by molar-refractivity contribution is 0.0490. The molecule has 1 amide bonds. The van der Waals surface area contributed by atoms with Crippen LogP contribution < -0.4 is 10.6 Å². The van der Waals surface area contributed by atoms with Gasteiger partial charge in [0.2, 0.25) is 0 Å². The topological polar surface area (TPSA) is 106 Å². The van der Waals surface area contributed by atoms with Crippen molar-refractivity contribution in [2.24, 2.45) is 13.0 Å². The van der Waals surface area contributed by atoms with E-state index in [2.05, 4.69) is 15.6 Å². The molecule has 28 heavy (non-hydrogen) atoms. The molecule has 0 aromatic carbocycles. The van der Waals surface area contributed by atoms with Gasteiger partial charge in [0.05, 0.1) is 12.4 Å². The summed E-state index contributed by atoms with van der Waals surface area (Å²) in [4.78, 5) is 16.3. The second kappa shape index (κ2) is 8.00. The van der Waals surface area contributed by atoms with Crippen molar-refractivity contribution in [3.8, 4) is 0 Å². The number of piperidine rings is 1. The van der Waals surface area contributed by atoms with Crippen molar-refractivity contribution in [3.05, 3.63) is 12.5 Å². The molecule has 9 nitrogen and oxygen atoms in total. The predicted octanol–water partition coefficient (Wildman–Crippen LogP) is 1.08. The van der Waals surface area contributed by atoms with Crippen LogP contribution in [0, 0.1) is 5.92 Å². The van der Waals surface area contributed by atoms with Crippen LogP contribution in [0.3, 0.4) is 0 Å². The van der Waals surface area contributed by atoms with Crippen LogP contribution in [0.25, 0.3) is 0 Å². The second-order valence-corrected chi connectivity index (χ2v) is 10.6. The molecular formula is C18H31N5O4S. The average molecular weight is 414 g/mol. The third-order valence-electron chi connectivity index (χ3n) is 5.18. The van der Waals surface area contributed by atoms with E-state index in [-0.39, 0.29) is 29.6 Å². The fourth-order valence-corrected chi connectivity index (χ4v) is 5.38. The number of imidazole rings is 1. The number of nitrogens with one attached hydrogen (secondary N) is 2. The Hall–Kier alpha value is -1.65. The summed E-state index contributed by atoms with van der Waals surface area (Å²) in [7, 11) is -1.98. The van der Waals surface area contributed by atoms with Crippen LogP contribution in [0.4, 0.5) is 4.79 Å². The maximum atomic E-state index is 13.0. The smallest absolute Gasteiger partial charge is 0.407 e. The number of aryl methyl sites for hydroxylation is 1. The minimum atomic E-state index is -3.71. The Balaban J connectivity index is 1.78. The molecule has 2 saturated heterocycles. The van der Waals surface area contributed by atoms with Gasteiger partial charge in [-0.2, -0.15) is 4.31 Å². The number of nitrogens with zero attached hydrogens (tertiary/aromatic N) is 3. The highest BCUT2D eigenvalue weighted by molar-refractivity contribution is 7.89. The standard InChI is InChI=1S/C18H31N5O4S/c1-18(2,3)27-17(24)21-15-10-23(9-13(15)14-7-5-6-8-19-14)28(25,26)16-11-22(4)12-20-16/h11-15,19H,5-10H2,1-4H3,(H,21,24). The molecule has 3 heterocycles.